The van der Waals surface area contributed by atoms with Gasteiger partial charge in [0.2, 0.25) is 0 Å². The molecule has 4 nitrogen and oxygen atoms in total. The Morgan fingerprint density at radius 2 is 1.47 bits per heavy atom. The van der Waals surface area contributed by atoms with Crippen LogP contribution < -0.4 is 0 Å². The summed E-state index contributed by atoms with van der Waals surface area (Å²) in [7, 11) is -2.62. The second kappa shape index (κ2) is 5.42. The van der Waals surface area contributed by atoms with Crippen LogP contribution in [0.1, 0.15) is 16.4 Å². The lowest BCUT2D eigenvalue weighted by molar-refractivity contribution is 0.392. The predicted octanol–water partition coefficient (Wildman–Crippen LogP) is 2.46. The van der Waals surface area contributed by atoms with Crippen LogP contribution in [0.25, 0.3) is 0 Å². The molecule has 0 aliphatic heterocycles. The van der Waals surface area contributed by atoms with E-state index in [0.717, 1.165) is 7.11 Å². The lowest BCUT2D eigenvalue weighted by atomic mass is 10.0. The number of phenolic OH excluding ortho intramolecular Hbond substituents is 1. The fourth-order valence-electron chi connectivity index (χ4n) is 1.90. The monoisotopic (exact) mass is 278 g/mol. The van der Waals surface area contributed by atoms with Gasteiger partial charge >= 0.3 is 0 Å². The van der Waals surface area contributed by atoms with Crippen LogP contribution in [-0.4, -0.2) is 20.6 Å². The molecule has 100 valence electrons. The van der Waals surface area contributed by atoms with Crippen LogP contribution in [0.5, 0.6) is 5.75 Å². The number of hydrogen-bond donors (Lipinski definition) is 1. The molecule has 5 heteroatoms. The van der Waals surface area contributed by atoms with Crippen molar-refractivity contribution in [2.75, 3.05) is 7.11 Å². The van der Waals surface area contributed by atoms with E-state index >= 15 is 0 Å². The number of phenols is 1. The fraction of sp³-hybridized carbons (Fsp3) is 0.143. The SMILES string of the molecule is COS(=O)(=O)C(c1ccccc1)c1ccc(O)cc1. The van der Waals surface area contributed by atoms with Gasteiger partial charge in [-0.2, -0.15) is 8.42 Å². The largest absolute Gasteiger partial charge is 0.508 e. The Balaban J connectivity index is 2.56. The molecule has 1 N–H and O–H groups in total. The topological polar surface area (TPSA) is 63.6 Å². The van der Waals surface area contributed by atoms with E-state index in [1.165, 1.54) is 12.1 Å². The zero-order valence-corrected chi connectivity index (χ0v) is 11.2. The summed E-state index contributed by atoms with van der Waals surface area (Å²) in [5, 5.41) is 8.38. The molecule has 0 saturated carbocycles. The third kappa shape index (κ3) is 2.94. The Morgan fingerprint density at radius 3 is 2.00 bits per heavy atom. The van der Waals surface area contributed by atoms with Crippen molar-refractivity contribution in [1.82, 2.24) is 0 Å². The highest BCUT2D eigenvalue weighted by Gasteiger charge is 2.28. The van der Waals surface area contributed by atoms with E-state index in [0.29, 0.717) is 11.1 Å². The van der Waals surface area contributed by atoms with Crippen molar-refractivity contribution in [1.29, 1.82) is 0 Å². The van der Waals surface area contributed by atoms with E-state index in [9.17, 15) is 13.5 Å². The summed E-state index contributed by atoms with van der Waals surface area (Å²) in [6.45, 7) is 0. The Kier molecular flexibility index (Phi) is 3.87. The van der Waals surface area contributed by atoms with Gasteiger partial charge in [-0.1, -0.05) is 42.5 Å². The molecular formula is C14H14O4S. The van der Waals surface area contributed by atoms with Crippen LogP contribution in [-0.2, 0) is 14.3 Å². The highest BCUT2D eigenvalue weighted by atomic mass is 32.2. The second-order valence-electron chi connectivity index (χ2n) is 4.04. The van der Waals surface area contributed by atoms with Crippen molar-refractivity contribution in [3.63, 3.8) is 0 Å². The van der Waals surface area contributed by atoms with Gasteiger partial charge in [0.1, 0.15) is 11.0 Å². The quantitative estimate of drug-likeness (QED) is 0.873. The van der Waals surface area contributed by atoms with Gasteiger partial charge < -0.3 is 5.11 Å². The van der Waals surface area contributed by atoms with Gasteiger partial charge in [0.15, 0.2) is 0 Å². The first-order valence-electron chi connectivity index (χ1n) is 5.68. The Bertz CT molecular complexity index is 633. The van der Waals surface area contributed by atoms with Gasteiger partial charge in [-0.25, -0.2) is 0 Å². The fourth-order valence-corrected chi connectivity index (χ4v) is 3.07. The smallest absolute Gasteiger partial charge is 0.278 e. The van der Waals surface area contributed by atoms with Crippen LogP contribution in [0.4, 0.5) is 0 Å². The van der Waals surface area contributed by atoms with Gasteiger partial charge in [-0.3, -0.25) is 4.18 Å². The number of hydrogen-bond acceptors (Lipinski definition) is 4. The summed E-state index contributed by atoms with van der Waals surface area (Å²) < 4.78 is 28.8. The molecule has 2 rings (SSSR count). The average molecular weight is 278 g/mol. The van der Waals surface area contributed by atoms with E-state index in [2.05, 4.69) is 4.18 Å². The van der Waals surface area contributed by atoms with Gasteiger partial charge in [-0.05, 0) is 23.3 Å². The minimum Gasteiger partial charge on any atom is -0.508 e. The number of rotatable bonds is 4. The van der Waals surface area contributed by atoms with Crippen molar-refractivity contribution in [3.8, 4) is 5.75 Å². The van der Waals surface area contributed by atoms with Gasteiger partial charge in [0.25, 0.3) is 10.1 Å². The predicted molar refractivity (Wildman–Crippen MR) is 72.3 cm³/mol. The van der Waals surface area contributed by atoms with Crippen molar-refractivity contribution in [2.45, 2.75) is 5.25 Å². The first-order chi connectivity index (χ1) is 9.04. The van der Waals surface area contributed by atoms with Crippen LogP contribution in [0.15, 0.2) is 54.6 Å². The number of aromatic hydroxyl groups is 1. The zero-order valence-electron chi connectivity index (χ0n) is 10.4. The van der Waals surface area contributed by atoms with E-state index < -0.39 is 15.4 Å². The normalized spacial score (nSPS) is 13.1. The van der Waals surface area contributed by atoms with Gasteiger partial charge in [0.05, 0.1) is 7.11 Å². The van der Waals surface area contributed by atoms with Crippen LogP contribution in [0.3, 0.4) is 0 Å². The average Bonchev–Trinajstić information content (AvgIpc) is 2.42. The molecule has 2 aromatic carbocycles. The van der Waals surface area contributed by atoms with Gasteiger partial charge in [0, 0.05) is 0 Å². The molecular weight excluding hydrogens is 264 g/mol. The van der Waals surface area contributed by atoms with E-state index in [1.807, 2.05) is 6.07 Å². The van der Waals surface area contributed by atoms with Crippen molar-refractivity contribution < 1.29 is 17.7 Å². The highest BCUT2D eigenvalue weighted by Crippen LogP contribution is 2.31. The standard InChI is InChI=1S/C14H14O4S/c1-18-19(16,17)14(11-5-3-2-4-6-11)12-7-9-13(15)10-8-12/h2-10,14-15H,1H3. The summed E-state index contributed by atoms with van der Waals surface area (Å²) in [5.41, 5.74) is 1.17. The summed E-state index contributed by atoms with van der Waals surface area (Å²) in [6, 6.07) is 14.9. The minimum atomic E-state index is -3.76. The molecule has 0 aromatic heterocycles. The Hall–Kier alpha value is -1.85. The maximum absolute atomic E-state index is 12.1. The Morgan fingerprint density at radius 1 is 0.947 bits per heavy atom. The summed E-state index contributed by atoms with van der Waals surface area (Å²) in [4.78, 5) is 0. The first kappa shape index (κ1) is 13.6. The van der Waals surface area contributed by atoms with E-state index in [1.54, 1.807) is 36.4 Å². The van der Waals surface area contributed by atoms with Crippen LogP contribution in [0, 0.1) is 0 Å². The third-order valence-electron chi connectivity index (χ3n) is 2.82. The zero-order chi connectivity index (χ0) is 13.9. The molecule has 0 spiro atoms. The molecule has 1 unspecified atom stereocenters. The summed E-state index contributed by atoms with van der Waals surface area (Å²) >= 11 is 0. The lowest BCUT2D eigenvalue weighted by Crippen LogP contribution is -2.16. The molecule has 0 saturated heterocycles. The lowest BCUT2D eigenvalue weighted by Gasteiger charge is -2.17. The van der Waals surface area contributed by atoms with Crippen LogP contribution in [0.2, 0.25) is 0 Å². The molecule has 0 radical (unpaired) electrons. The van der Waals surface area contributed by atoms with E-state index in [-0.39, 0.29) is 5.75 Å². The maximum atomic E-state index is 12.1. The maximum Gasteiger partial charge on any atom is 0.278 e. The Labute approximate surface area is 112 Å². The van der Waals surface area contributed by atoms with Crippen molar-refractivity contribution >= 4 is 10.1 Å². The molecule has 0 fully saturated rings. The highest BCUT2D eigenvalue weighted by molar-refractivity contribution is 7.87. The van der Waals surface area contributed by atoms with E-state index in [4.69, 9.17) is 0 Å². The molecule has 0 aliphatic rings. The van der Waals surface area contributed by atoms with Crippen molar-refractivity contribution in [2.24, 2.45) is 0 Å². The minimum absolute atomic E-state index is 0.0883. The molecule has 0 bridgehead atoms. The van der Waals surface area contributed by atoms with Crippen molar-refractivity contribution in [3.05, 3.63) is 65.7 Å². The summed E-state index contributed by atoms with van der Waals surface area (Å²) in [6.07, 6.45) is 0. The third-order valence-corrected chi connectivity index (χ3v) is 4.41. The number of benzene rings is 2. The summed E-state index contributed by atoms with van der Waals surface area (Å²) in [5.74, 6) is 0.0883. The first-order valence-corrected chi connectivity index (χ1v) is 7.15. The molecule has 0 aliphatic carbocycles. The molecule has 1 atom stereocenters. The molecule has 0 amide bonds. The second-order valence-corrected chi connectivity index (χ2v) is 5.83. The van der Waals surface area contributed by atoms with Gasteiger partial charge in [-0.15, -0.1) is 0 Å². The molecule has 19 heavy (non-hydrogen) atoms. The molecule has 0 heterocycles. The van der Waals surface area contributed by atoms with Crippen LogP contribution >= 0.6 is 0 Å². The molecule has 2 aromatic rings.